The molecule has 0 bridgehead atoms. The number of aromatic amines is 1. The Morgan fingerprint density at radius 3 is 2.71 bits per heavy atom. The average molecular weight is 192 g/mol. The number of H-pyrrole nitrogens is 1. The van der Waals surface area contributed by atoms with Gasteiger partial charge in [-0.05, 0) is 37.6 Å². The molecule has 3 heteroatoms. The maximum absolute atomic E-state index is 13.0. The summed E-state index contributed by atoms with van der Waals surface area (Å²) < 4.78 is 13.0. The van der Waals surface area contributed by atoms with Gasteiger partial charge in [0.2, 0.25) is 0 Å². The Bertz CT molecular complexity index is 466. The summed E-state index contributed by atoms with van der Waals surface area (Å²) in [4.78, 5) is 3.08. The second-order valence-electron chi connectivity index (χ2n) is 4.11. The Kier molecular flexibility index (Phi) is 1.86. The summed E-state index contributed by atoms with van der Waals surface area (Å²) in [6, 6.07) is 4.67. The quantitative estimate of drug-likeness (QED) is 0.716. The minimum Gasteiger partial charge on any atom is -0.361 e. The van der Waals surface area contributed by atoms with Crippen LogP contribution in [0.25, 0.3) is 10.9 Å². The summed E-state index contributed by atoms with van der Waals surface area (Å²) in [5.74, 6) is -0.234. The number of halogens is 1. The van der Waals surface area contributed by atoms with Gasteiger partial charge in [0.25, 0.3) is 0 Å². The summed E-state index contributed by atoms with van der Waals surface area (Å²) in [6.45, 7) is 3.81. The van der Waals surface area contributed by atoms with E-state index < -0.39 is 5.54 Å². The first-order chi connectivity index (χ1) is 6.48. The third-order valence-corrected chi connectivity index (χ3v) is 2.34. The highest BCUT2D eigenvalue weighted by Gasteiger charge is 2.18. The molecule has 2 nitrogen and oxygen atoms in total. The third-order valence-electron chi connectivity index (χ3n) is 2.34. The van der Waals surface area contributed by atoms with Crippen LogP contribution in [0.15, 0.2) is 24.4 Å². The summed E-state index contributed by atoms with van der Waals surface area (Å²) in [6.07, 6.45) is 1.84. The molecule has 0 amide bonds. The van der Waals surface area contributed by atoms with Gasteiger partial charge in [-0.3, -0.25) is 0 Å². The number of nitrogens with one attached hydrogen (secondary N) is 1. The molecule has 14 heavy (non-hydrogen) atoms. The van der Waals surface area contributed by atoms with Crippen molar-refractivity contribution >= 4 is 10.9 Å². The highest BCUT2D eigenvalue weighted by molar-refractivity contribution is 5.84. The van der Waals surface area contributed by atoms with Crippen LogP contribution in [0.2, 0.25) is 0 Å². The number of hydrogen-bond acceptors (Lipinski definition) is 1. The zero-order valence-corrected chi connectivity index (χ0v) is 8.26. The van der Waals surface area contributed by atoms with Crippen LogP contribution < -0.4 is 5.73 Å². The van der Waals surface area contributed by atoms with E-state index in [9.17, 15) is 4.39 Å². The molecule has 1 heterocycles. The number of aromatic nitrogens is 1. The number of nitrogens with two attached hydrogens (primary N) is 1. The Balaban J connectivity index is 2.73. The van der Waals surface area contributed by atoms with E-state index in [2.05, 4.69) is 4.98 Å². The van der Waals surface area contributed by atoms with Gasteiger partial charge in [-0.15, -0.1) is 0 Å². The van der Waals surface area contributed by atoms with Crippen molar-refractivity contribution < 1.29 is 4.39 Å². The Morgan fingerprint density at radius 2 is 2.07 bits per heavy atom. The highest BCUT2D eigenvalue weighted by atomic mass is 19.1. The minimum atomic E-state index is -0.452. The van der Waals surface area contributed by atoms with Crippen molar-refractivity contribution in [3.63, 3.8) is 0 Å². The Labute approximate surface area is 81.9 Å². The van der Waals surface area contributed by atoms with Crippen molar-refractivity contribution in [3.8, 4) is 0 Å². The van der Waals surface area contributed by atoms with Gasteiger partial charge in [0.1, 0.15) is 5.82 Å². The molecule has 0 aliphatic heterocycles. The molecule has 0 radical (unpaired) electrons. The van der Waals surface area contributed by atoms with Gasteiger partial charge in [-0.2, -0.15) is 0 Å². The first-order valence-electron chi connectivity index (χ1n) is 4.54. The van der Waals surface area contributed by atoms with E-state index in [1.807, 2.05) is 20.0 Å². The summed E-state index contributed by atoms with van der Waals surface area (Å²) in [7, 11) is 0. The van der Waals surface area contributed by atoms with Crippen LogP contribution in [0.5, 0.6) is 0 Å². The Hall–Kier alpha value is -1.35. The van der Waals surface area contributed by atoms with E-state index >= 15 is 0 Å². The van der Waals surface area contributed by atoms with E-state index in [0.29, 0.717) is 0 Å². The molecular formula is C11H13FN2. The molecule has 0 atom stereocenters. The van der Waals surface area contributed by atoms with Crippen molar-refractivity contribution in [2.24, 2.45) is 5.73 Å². The minimum absolute atomic E-state index is 0.234. The van der Waals surface area contributed by atoms with Crippen molar-refractivity contribution in [3.05, 3.63) is 35.8 Å². The molecule has 0 saturated heterocycles. The molecule has 2 aromatic rings. The molecule has 0 fully saturated rings. The number of rotatable bonds is 1. The predicted molar refractivity (Wildman–Crippen MR) is 55.5 cm³/mol. The SMILES string of the molecule is CC(C)(N)c1c[nH]c2ccc(F)cc12. The fraction of sp³-hybridized carbons (Fsp3) is 0.273. The van der Waals surface area contributed by atoms with Gasteiger partial charge in [0.15, 0.2) is 0 Å². The third kappa shape index (κ3) is 1.40. The average Bonchev–Trinajstić information content (AvgIpc) is 2.45. The standard InChI is InChI=1S/C11H13FN2/c1-11(2,13)9-6-14-10-4-3-7(12)5-8(9)10/h3-6,14H,13H2,1-2H3. The van der Waals surface area contributed by atoms with Crippen molar-refractivity contribution in [2.45, 2.75) is 19.4 Å². The van der Waals surface area contributed by atoms with Gasteiger partial charge in [-0.1, -0.05) is 0 Å². The highest BCUT2D eigenvalue weighted by Crippen LogP contribution is 2.26. The number of benzene rings is 1. The van der Waals surface area contributed by atoms with E-state index in [0.717, 1.165) is 16.5 Å². The van der Waals surface area contributed by atoms with Crippen LogP contribution in [-0.2, 0) is 5.54 Å². The molecule has 0 saturated carbocycles. The van der Waals surface area contributed by atoms with Crippen molar-refractivity contribution in [1.82, 2.24) is 4.98 Å². The summed E-state index contributed by atoms with van der Waals surface area (Å²) in [5.41, 5.74) is 7.38. The Morgan fingerprint density at radius 1 is 1.36 bits per heavy atom. The largest absolute Gasteiger partial charge is 0.361 e. The molecule has 0 spiro atoms. The molecule has 74 valence electrons. The lowest BCUT2D eigenvalue weighted by molar-refractivity contribution is 0.559. The second kappa shape index (κ2) is 2.82. The maximum Gasteiger partial charge on any atom is 0.123 e. The van der Waals surface area contributed by atoms with Crippen LogP contribution >= 0.6 is 0 Å². The second-order valence-corrected chi connectivity index (χ2v) is 4.11. The van der Waals surface area contributed by atoms with E-state index in [1.54, 1.807) is 6.07 Å². The van der Waals surface area contributed by atoms with Gasteiger partial charge in [0.05, 0.1) is 0 Å². The van der Waals surface area contributed by atoms with Crippen molar-refractivity contribution in [1.29, 1.82) is 0 Å². The molecular weight excluding hydrogens is 179 g/mol. The summed E-state index contributed by atoms with van der Waals surface area (Å²) >= 11 is 0. The molecule has 1 aromatic carbocycles. The van der Waals surface area contributed by atoms with E-state index in [1.165, 1.54) is 12.1 Å². The fourth-order valence-corrected chi connectivity index (χ4v) is 1.63. The predicted octanol–water partition coefficient (Wildman–Crippen LogP) is 2.50. The molecule has 0 unspecified atom stereocenters. The van der Waals surface area contributed by atoms with Crippen LogP contribution in [0.3, 0.4) is 0 Å². The van der Waals surface area contributed by atoms with Crippen molar-refractivity contribution in [2.75, 3.05) is 0 Å². The van der Waals surface area contributed by atoms with Gasteiger partial charge >= 0.3 is 0 Å². The monoisotopic (exact) mass is 192 g/mol. The smallest absolute Gasteiger partial charge is 0.123 e. The summed E-state index contributed by atoms with van der Waals surface area (Å²) in [5, 5.41) is 0.859. The lowest BCUT2D eigenvalue weighted by atomic mass is 9.95. The normalized spacial score (nSPS) is 12.3. The van der Waals surface area contributed by atoms with Crippen LogP contribution in [0, 0.1) is 5.82 Å². The first kappa shape index (κ1) is 9.21. The molecule has 1 aromatic heterocycles. The van der Waals surface area contributed by atoms with Crippen LogP contribution in [0.1, 0.15) is 19.4 Å². The van der Waals surface area contributed by atoms with Crippen LogP contribution in [-0.4, -0.2) is 4.98 Å². The molecule has 0 aliphatic carbocycles. The van der Waals surface area contributed by atoms with E-state index in [-0.39, 0.29) is 5.82 Å². The molecule has 0 aliphatic rings. The van der Waals surface area contributed by atoms with E-state index in [4.69, 9.17) is 5.73 Å². The zero-order chi connectivity index (χ0) is 10.3. The van der Waals surface area contributed by atoms with Gasteiger partial charge in [-0.25, -0.2) is 4.39 Å². The number of fused-ring (bicyclic) bond motifs is 1. The van der Waals surface area contributed by atoms with Gasteiger partial charge < -0.3 is 10.7 Å². The van der Waals surface area contributed by atoms with Crippen LogP contribution in [0.4, 0.5) is 4.39 Å². The first-order valence-corrected chi connectivity index (χ1v) is 4.54. The lowest BCUT2D eigenvalue weighted by Gasteiger charge is -2.17. The fourth-order valence-electron chi connectivity index (χ4n) is 1.63. The maximum atomic E-state index is 13.0. The lowest BCUT2D eigenvalue weighted by Crippen LogP contribution is -2.28. The zero-order valence-electron chi connectivity index (χ0n) is 8.26. The molecule has 3 N–H and O–H groups in total. The molecule has 2 rings (SSSR count). The number of hydrogen-bond donors (Lipinski definition) is 2. The topological polar surface area (TPSA) is 41.8 Å². The van der Waals surface area contributed by atoms with Gasteiger partial charge in [0, 0.05) is 22.6 Å².